The lowest BCUT2D eigenvalue weighted by atomic mass is 9.86. The Morgan fingerprint density at radius 3 is 2.40 bits per heavy atom. The van der Waals surface area contributed by atoms with E-state index < -0.39 is 5.97 Å². The van der Waals surface area contributed by atoms with Crippen LogP contribution >= 0.6 is 0 Å². The van der Waals surface area contributed by atoms with Crippen LogP contribution in [0, 0.1) is 11.8 Å². The summed E-state index contributed by atoms with van der Waals surface area (Å²) in [7, 11) is 1.38. The number of aliphatic hydroxyl groups excluding tert-OH is 1. The first-order valence-corrected chi connectivity index (χ1v) is 14.7. The summed E-state index contributed by atoms with van der Waals surface area (Å²) in [5, 5.41) is 13.9. The van der Waals surface area contributed by atoms with Crippen LogP contribution in [-0.4, -0.2) is 48.4 Å². The molecule has 5 heterocycles. The molecular weight excluding hydrogens is 544 g/mol. The lowest BCUT2D eigenvalue weighted by Crippen LogP contribution is -2.19. The van der Waals surface area contributed by atoms with Crippen LogP contribution in [0.3, 0.4) is 0 Å². The van der Waals surface area contributed by atoms with Crippen LogP contribution in [0.15, 0.2) is 107 Å². The van der Waals surface area contributed by atoms with Crippen molar-refractivity contribution in [1.29, 1.82) is 0 Å². The fourth-order valence-electron chi connectivity index (χ4n) is 6.41. The molecule has 1 saturated heterocycles. The predicted molar refractivity (Wildman–Crippen MR) is 167 cm³/mol. The van der Waals surface area contributed by atoms with Crippen LogP contribution in [0.25, 0.3) is 0 Å². The second-order valence-electron chi connectivity index (χ2n) is 11.3. The molecule has 0 aromatic heterocycles. The maximum Gasteiger partial charge on any atom is 0.340 e. The third-order valence-corrected chi connectivity index (χ3v) is 8.98. The standard InChI is InChI=1S/C34H38N4O5/c1-8-22-17(2)26-13-30-24(15-39)19(4)25(36-30)12-27-18(3)23(10-9-11-43-16-40)32(37-27)21(6)33-31(34(41)42-7)20(5)28(38-33)14-29(22)35-26/h12-16,18,23,37,39H,8-11H2,1-7H3/t18-,23-/m0/s1. The van der Waals surface area contributed by atoms with Crippen LogP contribution in [0.4, 0.5) is 0 Å². The van der Waals surface area contributed by atoms with Crippen molar-refractivity contribution in [2.75, 3.05) is 13.7 Å². The van der Waals surface area contributed by atoms with Gasteiger partial charge in [-0.05, 0) is 93.1 Å². The van der Waals surface area contributed by atoms with Gasteiger partial charge in [0, 0.05) is 28.8 Å². The molecule has 5 aliphatic heterocycles. The van der Waals surface area contributed by atoms with E-state index >= 15 is 0 Å². The van der Waals surface area contributed by atoms with Gasteiger partial charge >= 0.3 is 5.97 Å². The van der Waals surface area contributed by atoms with E-state index in [0.717, 1.165) is 75.5 Å². The molecule has 9 heteroatoms. The first-order valence-electron chi connectivity index (χ1n) is 14.7. The van der Waals surface area contributed by atoms with Gasteiger partial charge in [0.1, 0.15) is 0 Å². The van der Waals surface area contributed by atoms with E-state index in [9.17, 15) is 14.7 Å². The zero-order valence-corrected chi connectivity index (χ0v) is 25.8. The van der Waals surface area contributed by atoms with Gasteiger partial charge in [0.25, 0.3) is 6.47 Å². The number of carbonyl (C=O) groups excluding carboxylic acids is 2. The van der Waals surface area contributed by atoms with Crippen molar-refractivity contribution in [1.82, 2.24) is 5.32 Å². The minimum atomic E-state index is -0.441. The van der Waals surface area contributed by atoms with E-state index in [1.54, 1.807) is 0 Å². The topological polar surface area (TPSA) is 122 Å². The maximum absolute atomic E-state index is 13.2. The van der Waals surface area contributed by atoms with Gasteiger partial charge in [0.05, 0.1) is 59.8 Å². The Balaban J connectivity index is 1.77. The molecule has 5 aliphatic rings. The van der Waals surface area contributed by atoms with Gasteiger partial charge in [-0.2, -0.15) is 0 Å². The van der Waals surface area contributed by atoms with Crippen molar-refractivity contribution in [3.8, 4) is 0 Å². The SMILES string of the molecule is CCC1=C(C)C2=CC3=NC(=C(C)C3=CO)C=C3NC(=C(C)C4=NC(=CC1=N2)C(C)=C4C(=O)OC)[C@@H](CCCOC=O)[C@@H]3C. The summed E-state index contributed by atoms with van der Waals surface area (Å²) >= 11 is 0. The number of nitrogens with one attached hydrogen (secondary N) is 1. The number of aliphatic imine (C=N–C) groups is 3. The molecule has 0 saturated carbocycles. The third-order valence-electron chi connectivity index (χ3n) is 8.98. The molecule has 0 aromatic carbocycles. The number of aliphatic hydroxyl groups is 1. The zero-order valence-electron chi connectivity index (χ0n) is 25.8. The van der Waals surface area contributed by atoms with E-state index in [1.807, 2.05) is 45.9 Å². The van der Waals surface area contributed by atoms with E-state index in [1.165, 1.54) is 7.11 Å². The Bertz CT molecular complexity index is 1650. The fraction of sp³-hybridized carbons (Fsp3) is 0.382. The molecule has 0 amide bonds. The molecule has 0 unspecified atom stereocenters. The number of hydrogen-bond acceptors (Lipinski definition) is 9. The molecule has 224 valence electrons. The van der Waals surface area contributed by atoms with Crippen LogP contribution in [0.1, 0.15) is 60.8 Å². The minimum absolute atomic E-state index is 0.0468. The van der Waals surface area contributed by atoms with Crippen molar-refractivity contribution in [3.05, 3.63) is 92.0 Å². The van der Waals surface area contributed by atoms with Gasteiger partial charge in [-0.25, -0.2) is 19.8 Å². The Kier molecular flexibility index (Phi) is 8.35. The smallest absolute Gasteiger partial charge is 0.340 e. The third kappa shape index (κ3) is 5.17. The molecule has 43 heavy (non-hydrogen) atoms. The van der Waals surface area contributed by atoms with E-state index in [2.05, 4.69) is 19.2 Å². The second-order valence-corrected chi connectivity index (χ2v) is 11.3. The normalized spacial score (nSPS) is 24.1. The van der Waals surface area contributed by atoms with Crippen molar-refractivity contribution in [2.24, 2.45) is 26.8 Å². The number of carbonyl (C=O) groups is 2. The molecule has 2 N–H and O–H groups in total. The maximum atomic E-state index is 13.2. The first-order chi connectivity index (χ1) is 20.6. The zero-order chi connectivity index (χ0) is 31.0. The molecule has 0 aliphatic carbocycles. The highest BCUT2D eigenvalue weighted by Gasteiger charge is 2.38. The molecule has 1 fully saturated rings. The largest absolute Gasteiger partial charge is 0.515 e. The van der Waals surface area contributed by atoms with Crippen molar-refractivity contribution in [3.63, 3.8) is 0 Å². The number of nitrogens with zero attached hydrogens (tertiary/aromatic N) is 3. The molecular formula is C34H38N4O5. The quantitative estimate of drug-likeness (QED) is 0.164. The van der Waals surface area contributed by atoms with Gasteiger partial charge in [0.2, 0.25) is 0 Å². The Morgan fingerprint density at radius 2 is 1.72 bits per heavy atom. The summed E-state index contributed by atoms with van der Waals surface area (Å²) in [4.78, 5) is 38.9. The number of methoxy groups -OCH3 is 1. The van der Waals surface area contributed by atoms with Gasteiger partial charge < -0.3 is 19.9 Å². The monoisotopic (exact) mass is 582 g/mol. The highest BCUT2D eigenvalue weighted by molar-refractivity contribution is 6.30. The average molecular weight is 583 g/mol. The highest BCUT2D eigenvalue weighted by atomic mass is 16.5. The first kappa shape index (κ1) is 29.9. The summed E-state index contributed by atoms with van der Waals surface area (Å²) in [5.41, 5.74) is 11.8. The number of fused-ring (bicyclic) bond motifs is 5. The summed E-state index contributed by atoms with van der Waals surface area (Å²) in [5.74, 6) is -0.326. The molecule has 8 bridgehead atoms. The fourth-order valence-corrected chi connectivity index (χ4v) is 6.41. The number of allylic oxidation sites excluding steroid dienone is 11. The van der Waals surface area contributed by atoms with Crippen LogP contribution in [-0.2, 0) is 19.1 Å². The molecule has 5 rings (SSSR count). The summed E-state index contributed by atoms with van der Waals surface area (Å²) < 4.78 is 10.2. The lowest BCUT2D eigenvalue weighted by Gasteiger charge is -2.18. The average Bonchev–Trinajstić information content (AvgIpc) is 3.68. The van der Waals surface area contributed by atoms with E-state index in [4.69, 9.17) is 24.5 Å². The number of hydrogen-bond donors (Lipinski definition) is 2. The van der Waals surface area contributed by atoms with Crippen molar-refractivity contribution in [2.45, 2.75) is 60.8 Å². The number of ether oxygens (including phenoxy) is 2. The lowest BCUT2D eigenvalue weighted by molar-refractivity contribution is -0.135. The molecule has 2 atom stereocenters. The van der Waals surface area contributed by atoms with Crippen molar-refractivity contribution >= 4 is 29.6 Å². The molecule has 0 spiro atoms. The van der Waals surface area contributed by atoms with Crippen LogP contribution < -0.4 is 5.32 Å². The molecule has 0 radical (unpaired) electrons. The minimum Gasteiger partial charge on any atom is -0.515 e. The summed E-state index contributed by atoms with van der Waals surface area (Å²) in [6, 6.07) is 0. The Labute approximate surface area is 252 Å². The predicted octanol–water partition coefficient (Wildman–Crippen LogP) is 6.03. The van der Waals surface area contributed by atoms with E-state index in [-0.39, 0.29) is 11.8 Å². The highest BCUT2D eigenvalue weighted by Crippen LogP contribution is 2.42. The number of rotatable bonds is 7. The second kappa shape index (κ2) is 12.0. The Morgan fingerprint density at radius 1 is 1.00 bits per heavy atom. The summed E-state index contributed by atoms with van der Waals surface area (Å²) in [6.45, 7) is 12.9. The van der Waals surface area contributed by atoms with Crippen LogP contribution in [0.5, 0.6) is 0 Å². The molecule has 0 aromatic rings. The van der Waals surface area contributed by atoms with Gasteiger partial charge in [-0.15, -0.1) is 0 Å². The van der Waals surface area contributed by atoms with E-state index in [0.29, 0.717) is 47.8 Å². The summed E-state index contributed by atoms with van der Waals surface area (Å²) in [6.07, 6.45) is 9.19. The van der Waals surface area contributed by atoms with Crippen LogP contribution in [0.2, 0.25) is 0 Å². The van der Waals surface area contributed by atoms with Crippen molar-refractivity contribution < 1.29 is 24.2 Å². The van der Waals surface area contributed by atoms with Gasteiger partial charge in [-0.3, -0.25) is 4.79 Å². The van der Waals surface area contributed by atoms with Gasteiger partial charge in [0.15, 0.2) is 0 Å². The number of esters is 1. The molecule has 9 nitrogen and oxygen atoms in total. The van der Waals surface area contributed by atoms with Gasteiger partial charge in [-0.1, -0.05) is 13.8 Å². The Hall–Kier alpha value is -4.53.